The van der Waals surface area contributed by atoms with E-state index in [0.29, 0.717) is 4.47 Å². The first-order valence-corrected chi connectivity index (χ1v) is 3.49. The van der Waals surface area contributed by atoms with Gasteiger partial charge >= 0.3 is 0 Å². The van der Waals surface area contributed by atoms with Crippen LogP contribution in [0.15, 0.2) is 5.38 Å². The van der Waals surface area contributed by atoms with E-state index in [1.54, 1.807) is 0 Å². The van der Waals surface area contributed by atoms with Gasteiger partial charge < -0.3 is 0 Å². The summed E-state index contributed by atoms with van der Waals surface area (Å²) in [6.07, 6.45) is 1.92. The summed E-state index contributed by atoms with van der Waals surface area (Å²) in [5.41, 5.74) is 0.958. The van der Waals surface area contributed by atoms with Crippen molar-refractivity contribution in [3.05, 3.63) is 22.0 Å². The molecule has 1 rings (SSSR count). The maximum atomic E-state index is 5.53. The van der Waals surface area contributed by atoms with Crippen LogP contribution in [-0.4, -0.2) is 4.98 Å². The lowest BCUT2D eigenvalue weighted by atomic mass is 10.4. The fraction of sp³-hybridized carbons (Fsp3) is 0.200. The number of halogens is 1. The summed E-state index contributed by atoms with van der Waals surface area (Å²) in [5, 5.41) is 1.92. The highest BCUT2D eigenvalue weighted by molar-refractivity contribution is 7.14. The van der Waals surface area contributed by atoms with E-state index in [0.717, 1.165) is 5.69 Å². The number of rotatable bonds is 1. The molecule has 0 saturated heterocycles. The lowest BCUT2D eigenvalue weighted by Gasteiger charge is -1.77. The molecule has 3 heteroatoms. The zero-order chi connectivity index (χ0) is 5.98. The predicted molar refractivity (Wildman–Crippen MR) is 36.2 cm³/mol. The predicted octanol–water partition coefficient (Wildman–Crippen LogP) is 2.37. The fourth-order valence-corrected chi connectivity index (χ4v) is 1.19. The Labute approximate surface area is 57.3 Å². The summed E-state index contributed by atoms with van der Waals surface area (Å²) >= 11 is 6.98. The molecule has 8 heavy (non-hydrogen) atoms. The SMILES string of the molecule is C[CH]c1csc(Cl)n1. The molecule has 0 fully saturated rings. The van der Waals surface area contributed by atoms with Gasteiger partial charge in [0.05, 0.1) is 5.69 Å². The van der Waals surface area contributed by atoms with Crippen molar-refractivity contribution in [1.82, 2.24) is 4.98 Å². The highest BCUT2D eigenvalue weighted by Crippen LogP contribution is 2.15. The number of thiazole rings is 1. The van der Waals surface area contributed by atoms with Crippen molar-refractivity contribution < 1.29 is 0 Å². The molecule has 0 aromatic carbocycles. The van der Waals surface area contributed by atoms with Crippen molar-refractivity contribution in [1.29, 1.82) is 0 Å². The number of hydrogen-bond donors (Lipinski definition) is 0. The molecule has 0 saturated carbocycles. The van der Waals surface area contributed by atoms with Crippen LogP contribution in [0, 0.1) is 6.42 Å². The Morgan fingerprint density at radius 3 is 2.88 bits per heavy atom. The van der Waals surface area contributed by atoms with Gasteiger partial charge in [-0.25, -0.2) is 4.98 Å². The fourth-order valence-electron chi connectivity index (χ4n) is 0.396. The van der Waals surface area contributed by atoms with Gasteiger partial charge in [-0.3, -0.25) is 0 Å². The molecule has 0 spiro atoms. The molecule has 1 aromatic heterocycles. The number of aromatic nitrogens is 1. The zero-order valence-electron chi connectivity index (χ0n) is 4.39. The van der Waals surface area contributed by atoms with Gasteiger partial charge in [0.1, 0.15) is 0 Å². The Morgan fingerprint density at radius 1 is 1.88 bits per heavy atom. The van der Waals surface area contributed by atoms with Gasteiger partial charge in [-0.2, -0.15) is 0 Å². The van der Waals surface area contributed by atoms with Crippen molar-refractivity contribution in [3.8, 4) is 0 Å². The quantitative estimate of drug-likeness (QED) is 0.593. The molecule has 0 N–H and O–H groups in total. The van der Waals surface area contributed by atoms with E-state index < -0.39 is 0 Å². The Morgan fingerprint density at radius 2 is 2.62 bits per heavy atom. The summed E-state index contributed by atoms with van der Waals surface area (Å²) in [7, 11) is 0. The van der Waals surface area contributed by atoms with Gasteiger partial charge in [0.15, 0.2) is 4.47 Å². The van der Waals surface area contributed by atoms with E-state index in [2.05, 4.69) is 4.98 Å². The topological polar surface area (TPSA) is 12.9 Å². The van der Waals surface area contributed by atoms with Gasteiger partial charge in [0.2, 0.25) is 0 Å². The minimum atomic E-state index is 0.609. The molecule has 0 aliphatic carbocycles. The summed E-state index contributed by atoms with van der Waals surface area (Å²) in [6.45, 7) is 1.94. The van der Waals surface area contributed by atoms with Gasteiger partial charge in [-0.15, -0.1) is 11.3 Å². The van der Waals surface area contributed by atoms with Gasteiger partial charge in [0, 0.05) is 11.8 Å². The smallest absolute Gasteiger partial charge is 0.183 e. The molecule has 0 aliphatic heterocycles. The van der Waals surface area contributed by atoms with Crippen LogP contribution in [0.2, 0.25) is 4.47 Å². The van der Waals surface area contributed by atoms with Crippen LogP contribution < -0.4 is 0 Å². The van der Waals surface area contributed by atoms with Crippen LogP contribution in [0.1, 0.15) is 12.6 Å². The normalized spacial score (nSPS) is 9.75. The first-order chi connectivity index (χ1) is 3.83. The van der Waals surface area contributed by atoms with Crippen LogP contribution >= 0.6 is 22.9 Å². The average Bonchev–Trinajstić information content (AvgIpc) is 2.14. The molecule has 0 atom stereocenters. The molecule has 1 heterocycles. The monoisotopic (exact) mass is 146 g/mol. The summed E-state index contributed by atoms with van der Waals surface area (Å²) in [4.78, 5) is 3.96. The van der Waals surface area contributed by atoms with E-state index >= 15 is 0 Å². The Bertz CT molecular complexity index is 173. The molecule has 1 radical (unpaired) electrons. The zero-order valence-corrected chi connectivity index (χ0v) is 5.96. The van der Waals surface area contributed by atoms with Crippen LogP contribution in [0.4, 0.5) is 0 Å². The van der Waals surface area contributed by atoms with Crippen LogP contribution in [0.5, 0.6) is 0 Å². The molecule has 1 nitrogen and oxygen atoms in total. The van der Waals surface area contributed by atoms with Gasteiger partial charge in [-0.1, -0.05) is 18.5 Å². The Kier molecular flexibility index (Phi) is 1.86. The first kappa shape index (κ1) is 6.05. The van der Waals surface area contributed by atoms with Crippen LogP contribution in [-0.2, 0) is 0 Å². The molecule has 0 unspecified atom stereocenters. The third-order valence-corrected chi connectivity index (χ3v) is 1.79. The molecular formula is C5H5ClNS. The van der Waals surface area contributed by atoms with Crippen molar-refractivity contribution >= 4 is 22.9 Å². The second-order valence-electron chi connectivity index (χ2n) is 1.31. The van der Waals surface area contributed by atoms with Crippen molar-refractivity contribution in [2.75, 3.05) is 0 Å². The van der Waals surface area contributed by atoms with Crippen molar-refractivity contribution in [2.45, 2.75) is 6.92 Å². The largest absolute Gasteiger partial charge is 0.230 e. The average molecular weight is 147 g/mol. The molecule has 0 bridgehead atoms. The van der Waals surface area contributed by atoms with E-state index in [4.69, 9.17) is 11.6 Å². The number of hydrogen-bond acceptors (Lipinski definition) is 2. The standard InChI is InChI=1S/C5H5ClNS/c1-2-4-3-8-5(6)7-4/h2-3H,1H3. The molecule has 43 valence electrons. The second kappa shape index (κ2) is 2.46. The van der Waals surface area contributed by atoms with E-state index in [1.165, 1.54) is 11.3 Å². The first-order valence-electron chi connectivity index (χ1n) is 2.23. The summed E-state index contributed by atoms with van der Waals surface area (Å²) in [6, 6.07) is 0. The Hall–Kier alpha value is -0.0800. The third-order valence-electron chi connectivity index (χ3n) is 0.790. The van der Waals surface area contributed by atoms with Crippen LogP contribution in [0.3, 0.4) is 0 Å². The summed E-state index contributed by atoms with van der Waals surface area (Å²) in [5.74, 6) is 0. The van der Waals surface area contributed by atoms with Crippen molar-refractivity contribution in [2.24, 2.45) is 0 Å². The second-order valence-corrected chi connectivity index (χ2v) is 2.75. The van der Waals surface area contributed by atoms with E-state index in [9.17, 15) is 0 Å². The van der Waals surface area contributed by atoms with Gasteiger partial charge in [0.25, 0.3) is 0 Å². The minimum Gasteiger partial charge on any atom is -0.230 e. The molecule has 0 aliphatic rings. The van der Waals surface area contributed by atoms with E-state index in [1.807, 2.05) is 18.7 Å². The molecule has 1 aromatic rings. The highest BCUT2D eigenvalue weighted by atomic mass is 35.5. The highest BCUT2D eigenvalue weighted by Gasteiger charge is 1.93. The minimum absolute atomic E-state index is 0.609. The third kappa shape index (κ3) is 1.20. The lowest BCUT2D eigenvalue weighted by molar-refractivity contribution is 1.26. The summed E-state index contributed by atoms with van der Waals surface area (Å²) < 4.78 is 0.609. The van der Waals surface area contributed by atoms with E-state index in [-0.39, 0.29) is 0 Å². The maximum Gasteiger partial charge on any atom is 0.183 e. The molecular weight excluding hydrogens is 142 g/mol. The number of nitrogens with zero attached hydrogens (tertiary/aromatic N) is 1. The maximum absolute atomic E-state index is 5.53. The Balaban J connectivity index is 2.84. The molecule has 0 amide bonds. The van der Waals surface area contributed by atoms with Crippen LogP contribution in [0.25, 0.3) is 0 Å². The van der Waals surface area contributed by atoms with Gasteiger partial charge in [-0.05, 0) is 0 Å². The van der Waals surface area contributed by atoms with Crippen molar-refractivity contribution in [3.63, 3.8) is 0 Å². The lowest BCUT2D eigenvalue weighted by Crippen LogP contribution is -1.71.